The zero-order valence-corrected chi connectivity index (χ0v) is 10.6. The van der Waals surface area contributed by atoms with Gasteiger partial charge in [0.15, 0.2) is 23.3 Å². The number of nitrogens with two attached hydrogens (primary N) is 1. The molecule has 0 spiro atoms. The van der Waals surface area contributed by atoms with Gasteiger partial charge in [0, 0.05) is 18.8 Å². The van der Waals surface area contributed by atoms with Gasteiger partial charge in [-0.15, -0.1) is 0 Å². The van der Waals surface area contributed by atoms with Crippen LogP contribution in [-0.2, 0) is 13.1 Å². The quantitative estimate of drug-likeness (QED) is 0.378. The largest absolute Gasteiger partial charge is 0.398 e. The number of fused-ring (bicyclic) bond motifs is 1. The minimum absolute atomic E-state index is 0.0135. The number of hydrogen-bond acceptors (Lipinski definition) is 2. The lowest BCUT2D eigenvalue weighted by Crippen LogP contribution is -2.20. The van der Waals surface area contributed by atoms with E-state index in [0.29, 0.717) is 16.8 Å². The fraction of sp³-hybridized carbons (Fsp3) is 0.143. The predicted molar refractivity (Wildman–Crippen MR) is 67.0 cm³/mol. The van der Waals surface area contributed by atoms with Crippen molar-refractivity contribution >= 4 is 11.4 Å². The van der Waals surface area contributed by atoms with Gasteiger partial charge in [0.1, 0.15) is 5.69 Å². The molecule has 2 nitrogen and oxygen atoms in total. The first-order valence-electron chi connectivity index (χ1n) is 6.04. The van der Waals surface area contributed by atoms with Crippen LogP contribution < -0.4 is 10.6 Å². The minimum Gasteiger partial charge on any atom is -0.398 e. The Morgan fingerprint density at radius 2 is 1.38 bits per heavy atom. The van der Waals surface area contributed by atoms with E-state index in [-0.39, 0.29) is 13.1 Å². The summed E-state index contributed by atoms with van der Waals surface area (Å²) in [4.78, 5) is 1.08. The third kappa shape index (κ3) is 1.91. The van der Waals surface area contributed by atoms with Crippen LogP contribution in [0.25, 0.3) is 0 Å². The van der Waals surface area contributed by atoms with E-state index < -0.39 is 34.8 Å². The van der Waals surface area contributed by atoms with Crippen LogP contribution >= 0.6 is 0 Å². The van der Waals surface area contributed by atoms with Crippen molar-refractivity contribution in [3.8, 4) is 0 Å². The van der Waals surface area contributed by atoms with Crippen molar-refractivity contribution in [2.75, 3.05) is 10.6 Å². The molecule has 2 aromatic rings. The van der Waals surface area contributed by atoms with Crippen LogP contribution in [0.2, 0.25) is 0 Å². The van der Waals surface area contributed by atoms with E-state index in [9.17, 15) is 22.0 Å². The molecule has 0 aromatic heterocycles. The van der Waals surface area contributed by atoms with Crippen LogP contribution in [-0.4, -0.2) is 0 Å². The molecule has 1 aliphatic heterocycles. The molecule has 1 heterocycles. The Hall–Kier alpha value is -2.31. The van der Waals surface area contributed by atoms with Gasteiger partial charge in [-0.2, -0.15) is 0 Å². The Bertz CT molecular complexity index is 716. The summed E-state index contributed by atoms with van der Waals surface area (Å²) in [7, 11) is 0. The average Bonchev–Trinajstić information content (AvgIpc) is 2.88. The van der Waals surface area contributed by atoms with Gasteiger partial charge in [-0.05, 0) is 17.2 Å². The van der Waals surface area contributed by atoms with Gasteiger partial charge in [-0.25, -0.2) is 22.0 Å². The first-order valence-corrected chi connectivity index (χ1v) is 6.04. The highest BCUT2D eigenvalue weighted by Crippen LogP contribution is 2.36. The number of benzene rings is 2. The van der Waals surface area contributed by atoms with E-state index in [2.05, 4.69) is 0 Å². The SMILES string of the molecule is Nc1cccc2c1CN(c1c(F)c(F)c(F)c(F)c1F)C2. The summed E-state index contributed by atoms with van der Waals surface area (Å²) in [6, 6.07) is 4.97. The van der Waals surface area contributed by atoms with E-state index >= 15 is 0 Å². The fourth-order valence-corrected chi connectivity index (χ4v) is 2.48. The zero-order valence-electron chi connectivity index (χ0n) is 10.6. The second kappa shape index (κ2) is 4.61. The molecule has 0 fully saturated rings. The number of nitrogens with zero attached hydrogens (tertiary/aromatic N) is 1. The Balaban J connectivity index is 2.11. The summed E-state index contributed by atoms with van der Waals surface area (Å²) in [6.45, 7) is 0.0130. The van der Waals surface area contributed by atoms with Gasteiger partial charge < -0.3 is 10.6 Å². The van der Waals surface area contributed by atoms with Crippen molar-refractivity contribution in [1.82, 2.24) is 0 Å². The second-order valence-corrected chi connectivity index (χ2v) is 4.76. The topological polar surface area (TPSA) is 29.3 Å². The van der Waals surface area contributed by atoms with Crippen LogP contribution in [0, 0.1) is 29.1 Å². The molecule has 0 bridgehead atoms. The van der Waals surface area contributed by atoms with E-state index in [4.69, 9.17) is 5.73 Å². The standard InChI is InChI=1S/C14H9F5N2/c15-9-10(16)12(18)14(13(19)11(9)17)21-4-6-2-1-3-8(20)7(6)5-21/h1-3H,4-5,20H2. The van der Waals surface area contributed by atoms with Gasteiger partial charge in [-0.3, -0.25) is 0 Å². The summed E-state index contributed by atoms with van der Waals surface area (Å²) in [5.74, 6) is -9.74. The number of rotatable bonds is 1. The molecule has 1 aliphatic rings. The van der Waals surface area contributed by atoms with E-state index in [1.807, 2.05) is 0 Å². The van der Waals surface area contributed by atoms with Crippen molar-refractivity contribution in [2.45, 2.75) is 13.1 Å². The molecule has 0 unspecified atom stereocenters. The normalized spacial score (nSPS) is 13.7. The molecule has 21 heavy (non-hydrogen) atoms. The molecular weight excluding hydrogens is 291 g/mol. The lowest BCUT2D eigenvalue weighted by molar-refractivity contribution is 0.378. The summed E-state index contributed by atoms with van der Waals surface area (Å²) in [5.41, 5.74) is 6.56. The third-order valence-electron chi connectivity index (χ3n) is 3.52. The molecular formula is C14H9F5N2. The molecule has 0 saturated heterocycles. The first-order chi connectivity index (χ1) is 9.91. The predicted octanol–water partition coefficient (Wildman–Crippen LogP) is 3.48. The molecule has 110 valence electrons. The van der Waals surface area contributed by atoms with Gasteiger partial charge in [-0.1, -0.05) is 12.1 Å². The van der Waals surface area contributed by atoms with Crippen molar-refractivity contribution < 1.29 is 22.0 Å². The molecule has 0 aliphatic carbocycles. The first kappa shape index (κ1) is 13.7. The van der Waals surface area contributed by atoms with E-state index in [1.165, 1.54) is 0 Å². The van der Waals surface area contributed by atoms with Crippen LogP contribution in [0.4, 0.5) is 33.3 Å². The maximum absolute atomic E-state index is 13.8. The van der Waals surface area contributed by atoms with Gasteiger partial charge in [0.05, 0.1) is 0 Å². The molecule has 2 N–H and O–H groups in total. The van der Waals surface area contributed by atoms with Crippen molar-refractivity contribution in [3.05, 3.63) is 58.4 Å². The smallest absolute Gasteiger partial charge is 0.200 e. The second-order valence-electron chi connectivity index (χ2n) is 4.76. The lowest BCUT2D eigenvalue weighted by Gasteiger charge is -2.20. The molecule has 0 saturated carbocycles. The maximum atomic E-state index is 13.8. The Morgan fingerprint density at radius 3 is 1.95 bits per heavy atom. The summed E-state index contributed by atoms with van der Waals surface area (Å²) in [6.07, 6.45) is 0. The molecule has 0 amide bonds. The van der Waals surface area contributed by atoms with Crippen LogP contribution in [0.3, 0.4) is 0 Å². The van der Waals surface area contributed by atoms with Crippen molar-refractivity contribution in [1.29, 1.82) is 0 Å². The van der Waals surface area contributed by atoms with E-state index in [1.54, 1.807) is 18.2 Å². The Kier molecular flexibility index (Phi) is 3.00. The number of halogens is 5. The van der Waals surface area contributed by atoms with Crippen molar-refractivity contribution in [3.63, 3.8) is 0 Å². The highest BCUT2D eigenvalue weighted by atomic mass is 19.2. The van der Waals surface area contributed by atoms with Gasteiger partial charge in [0.25, 0.3) is 0 Å². The van der Waals surface area contributed by atoms with Crippen LogP contribution in [0.5, 0.6) is 0 Å². The minimum atomic E-state index is -2.16. The van der Waals surface area contributed by atoms with Crippen LogP contribution in [0.1, 0.15) is 11.1 Å². The van der Waals surface area contributed by atoms with Crippen LogP contribution in [0.15, 0.2) is 18.2 Å². The van der Waals surface area contributed by atoms with Crippen molar-refractivity contribution in [2.24, 2.45) is 0 Å². The van der Waals surface area contributed by atoms with Gasteiger partial charge >= 0.3 is 0 Å². The number of anilines is 2. The summed E-state index contributed by atoms with van der Waals surface area (Å²) >= 11 is 0. The monoisotopic (exact) mass is 300 g/mol. The lowest BCUT2D eigenvalue weighted by atomic mass is 10.1. The maximum Gasteiger partial charge on any atom is 0.200 e. The molecule has 0 atom stereocenters. The average molecular weight is 300 g/mol. The number of nitrogen functional groups attached to an aromatic ring is 1. The third-order valence-corrected chi connectivity index (χ3v) is 3.52. The molecule has 7 heteroatoms. The van der Waals surface area contributed by atoms with E-state index in [0.717, 1.165) is 4.90 Å². The molecule has 0 radical (unpaired) electrons. The highest BCUT2D eigenvalue weighted by Gasteiger charge is 2.32. The Labute approximate surface area is 116 Å². The Morgan fingerprint density at radius 1 is 0.810 bits per heavy atom. The molecule has 2 aromatic carbocycles. The van der Waals surface area contributed by atoms with Gasteiger partial charge in [0.2, 0.25) is 5.82 Å². The summed E-state index contributed by atoms with van der Waals surface area (Å²) in [5, 5.41) is 0. The summed E-state index contributed by atoms with van der Waals surface area (Å²) < 4.78 is 67.1. The number of hydrogen-bond donors (Lipinski definition) is 1. The zero-order chi connectivity index (χ0) is 15.3. The highest BCUT2D eigenvalue weighted by molar-refractivity contribution is 5.60. The molecule has 3 rings (SSSR count). The fourth-order valence-electron chi connectivity index (χ4n) is 2.48.